The molecule has 0 aliphatic carbocycles. The number of hydrogen-bond acceptors (Lipinski definition) is 4. The Morgan fingerprint density at radius 2 is 1.12 bits per heavy atom. The predicted octanol–water partition coefficient (Wildman–Crippen LogP) is 2.55. The first-order chi connectivity index (χ1) is 11.9. The summed E-state index contributed by atoms with van der Waals surface area (Å²) in [5.41, 5.74) is 0. The molecule has 0 aliphatic heterocycles. The Morgan fingerprint density at radius 3 is 1.54 bits per heavy atom. The van der Waals surface area contributed by atoms with E-state index in [1.54, 1.807) is 0 Å². The SMILES string of the molecule is CCCCCCCC(O)CCCCCCCCC(CCC)S(=O)(=O)[O-].[Na+]. The maximum Gasteiger partial charge on any atom is 1.00 e. The Labute approximate surface area is 185 Å². The average molecular weight is 401 g/mol. The van der Waals surface area contributed by atoms with Gasteiger partial charge in [0.25, 0.3) is 0 Å². The smallest absolute Gasteiger partial charge is 0.748 e. The van der Waals surface area contributed by atoms with Crippen LogP contribution in [0.3, 0.4) is 0 Å². The van der Waals surface area contributed by atoms with Gasteiger partial charge in [0.05, 0.1) is 16.2 Å². The van der Waals surface area contributed by atoms with Crippen LogP contribution in [0, 0.1) is 0 Å². The summed E-state index contributed by atoms with van der Waals surface area (Å²) >= 11 is 0. The monoisotopic (exact) mass is 400 g/mol. The van der Waals surface area contributed by atoms with Crippen LogP contribution in [0.4, 0.5) is 0 Å². The number of hydrogen-bond donors (Lipinski definition) is 1. The quantitative estimate of drug-likeness (QED) is 0.218. The molecule has 0 spiro atoms. The first-order valence-corrected chi connectivity index (χ1v) is 12.0. The molecule has 2 atom stereocenters. The van der Waals surface area contributed by atoms with Gasteiger partial charge in [-0.3, -0.25) is 0 Å². The molecule has 0 rings (SSSR count). The fraction of sp³-hybridized carbons (Fsp3) is 1.00. The Balaban J connectivity index is 0. The molecule has 0 saturated carbocycles. The van der Waals surface area contributed by atoms with Crippen molar-refractivity contribution in [2.45, 2.75) is 128 Å². The van der Waals surface area contributed by atoms with Gasteiger partial charge < -0.3 is 9.66 Å². The second-order valence-corrected chi connectivity index (χ2v) is 9.11. The number of aliphatic hydroxyl groups excluding tert-OH is 1. The second kappa shape index (κ2) is 19.2. The van der Waals surface area contributed by atoms with Crippen molar-refractivity contribution < 1.29 is 47.6 Å². The maximum atomic E-state index is 11.1. The Kier molecular flexibility index (Phi) is 21.5. The van der Waals surface area contributed by atoms with Crippen molar-refractivity contribution in [3.05, 3.63) is 0 Å². The Morgan fingerprint density at radius 1 is 0.692 bits per heavy atom. The topological polar surface area (TPSA) is 77.4 Å². The van der Waals surface area contributed by atoms with Crippen LogP contribution in [-0.4, -0.2) is 29.4 Å². The van der Waals surface area contributed by atoms with Crippen LogP contribution in [0.5, 0.6) is 0 Å². The minimum atomic E-state index is -4.13. The summed E-state index contributed by atoms with van der Waals surface area (Å²) in [6.45, 7) is 4.13. The second-order valence-electron chi connectivity index (χ2n) is 7.46. The van der Waals surface area contributed by atoms with Crippen molar-refractivity contribution >= 4 is 10.1 Å². The molecule has 0 bridgehead atoms. The fourth-order valence-electron chi connectivity index (χ4n) is 3.34. The number of rotatable bonds is 18. The van der Waals surface area contributed by atoms with Gasteiger partial charge in [0, 0.05) is 5.25 Å². The van der Waals surface area contributed by atoms with E-state index in [0.717, 1.165) is 64.2 Å². The Bertz CT molecular complexity index is 387. The van der Waals surface area contributed by atoms with Gasteiger partial charge in [-0.1, -0.05) is 90.9 Å². The fourth-order valence-corrected chi connectivity index (χ4v) is 4.32. The maximum absolute atomic E-state index is 11.1. The molecule has 0 saturated heterocycles. The zero-order valence-electron chi connectivity index (χ0n) is 17.5. The summed E-state index contributed by atoms with van der Waals surface area (Å²) in [4.78, 5) is 0. The van der Waals surface area contributed by atoms with Crippen LogP contribution in [0.15, 0.2) is 0 Å². The number of unbranched alkanes of at least 4 members (excludes halogenated alkanes) is 9. The molecule has 0 radical (unpaired) electrons. The van der Waals surface area contributed by atoms with Gasteiger partial charge in [-0.05, 0) is 25.7 Å². The van der Waals surface area contributed by atoms with Crippen molar-refractivity contribution in [1.29, 1.82) is 0 Å². The third-order valence-corrected chi connectivity index (χ3v) is 6.26. The van der Waals surface area contributed by atoms with Gasteiger partial charge in [0.1, 0.15) is 0 Å². The molecule has 0 aromatic carbocycles. The molecule has 26 heavy (non-hydrogen) atoms. The van der Waals surface area contributed by atoms with Crippen molar-refractivity contribution in [3.63, 3.8) is 0 Å². The third-order valence-electron chi connectivity index (χ3n) is 4.97. The van der Waals surface area contributed by atoms with Gasteiger partial charge >= 0.3 is 29.6 Å². The van der Waals surface area contributed by atoms with E-state index in [1.807, 2.05) is 6.92 Å². The van der Waals surface area contributed by atoms with Crippen LogP contribution in [-0.2, 0) is 10.1 Å². The van der Waals surface area contributed by atoms with E-state index in [9.17, 15) is 18.1 Å². The van der Waals surface area contributed by atoms with Crippen LogP contribution >= 0.6 is 0 Å². The van der Waals surface area contributed by atoms with Crippen molar-refractivity contribution in [2.75, 3.05) is 0 Å². The predicted molar refractivity (Wildman–Crippen MR) is 105 cm³/mol. The zero-order chi connectivity index (χ0) is 19.0. The van der Waals surface area contributed by atoms with E-state index >= 15 is 0 Å². The molecule has 1 N–H and O–H groups in total. The van der Waals surface area contributed by atoms with Crippen molar-refractivity contribution in [3.8, 4) is 0 Å². The van der Waals surface area contributed by atoms with Gasteiger partial charge in [-0.15, -0.1) is 0 Å². The van der Waals surface area contributed by atoms with Gasteiger partial charge in [-0.25, -0.2) is 8.42 Å². The molecule has 2 unspecified atom stereocenters. The largest absolute Gasteiger partial charge is 1.00 e. The average Bonchev–Trinajstić information content (AvgIpc) is 2.55. The first-order valence-electron chi connectivity index (χ1n) is 10.5. The van der Waals surface area contributed by atoms with Gasteiger partial charge in [-0.2, -0.15) is 0 Å². The summed E-state index contributed by atoms with van der Waals surface area (Å²) in [7, 11) is -4.13. The molecular formula is C20H41NaO4S. The summed E-state index contributed by atoms with van der Waals surface area (Å²) < 4.78 is 33.4. The minimum Gasteiger partial charge on any atom is -0.748 e. The minimum absolute atomic E-state index is 0. The van der Waals surface area contributed by atoms with E-state index < -0.39 is 15.4 Å². The molecule has 0 heterocycles. The van der Waals surface area contributed by atoms with E-state index in [0.29, 0.717) is 12.8 Å². The van der Waals surface area contributed by atoms with E-state index in [2.05, 4.69) is 6.92 Å². The summed E-state index contributed by atoms with van der Waals surface area (Å²) in [5.74, 6) is 0. The molecule has 0 aromatic rings. The molecule has 152 valence electrons. The van der Waals surface area contributed by atoms with Crippen LogP contribution < -0.4 is 29.6 Å². The third kappa shape index (κ3) is 18.2. The van der Waals surface area contributed by atoms with Gasteiger partial charge in [0.15, 0.2) is 0 Å². The van der Waals surface area contributed by atoms with Crippen LogP contribution in [0.2, 0.25) is 0 Å². The van der Waals surface area contributed by atoms with E-state index in [-0.39, 0.29) is 35.7 Å². The molecule has 6 heteroatoms. The van der Waals surface area contributed by atoms with E-state index in [4.69, 9.17) is 0 Å². The standard InChI is InChI=1S/C20H42O4S.Na/c1-3-5-6-9-12-16-19(21)17-13-10-7-8-11-14-18-20(15-4-2)25(22,23)24;/h19-21H,3-18H2,1-2H3,(H,22,23,24);/q;+1/p-1. The Hall–Kier alpha value is 0.870. The zero-order valence-corrected chi connectivity index (χ0v) is 20.4. The summed E-state index contributed by atoms with van der Waals surface area (Å²) in [6.07, 6.45) is 15.9. The first kappa shape index (κ1) is 29.1. The molecule has 4 nitrogen and oxygen atoms in total. The molecule has 0 aromatic heterocycles. The summed E-state index contributed by atoms with van der Waals surface area (Å²) in [5, 5.41) is 9.26. The normalized spacial score (nSPS) is 14.0. The molecule has 0 amide bonds. The number of aliphatic hydroxyl groups is 1. The molecule has 0 aliphatic rings. The van der Waals surface area contributed by atoms with Crippen LogP contribution in [0.1, 0.15) is 117 Å². The van der Waals surface area contributed by atoms with Crippen molar-refractivity contribution in [2.24, 2.45) is 0 Å². The van der Waals surface area contributed by atoms with Crippen molar-refractivity contribution in [1.82, 2.24) is 0 Å². The molecular weight excluding hydrogens is 359 g/mol. The van der Waals surface area contributed by atoms with E-state index in [1.165, 1.54) is 25.7 Å². The molecule has 0 fully saturated rings. The summed E-state index contributed by atoms with van der Waals surface area (Å²) in [6, 6.07) is 0. The van der Waals surface area contributed by atoms with Crippen LogP contribution in [0.25, 0.3) is 0 Å². The van der Waals surface area contributed by atoms with Gasteiger partial charge in [0.2, 0.25) is 0 Å².